The Balaban J connectivity index is 2.40. The van der Waals surface area contributed by atoms with E-state index in [9.17, 15) is 23.6 Å². The molecule has 1 aromatic rings. The largest absolute Gasteiger partial charge is 0.414 e. The summed E-state index contributed by atoms with van der Waals surface area (Å²) in [7, 11) is -6.11. The van der Waals surface area contributed by atoms with E-state index < -0.39 is 35.4 Å². The molecule has 2 rings (SSSR count). The average molecular weight is 497 g/mol. The minimum Gasteiger partial charge on any atom is -0.414 e. The molecule has 0 saturated carbocycles. The molecule has 1 N–H and O–H groups in total. The number of nitro benzene ring substituents is 1. The molecule has 33 heavy (non-hydrogen) atoms. The first-order chi connectivity index (χ1) is 15.2. The fraction of sp³-hybridized carbons (Fsp3) is 0.565. The lowest BCUT2D eigenvalue weighted by molar-refractivity contribution is -0.384. The van der Waals surface area contributed by atoms with Gasteiger partial charge in [0.25, 0.3) is 5.69 Å². The highest BCUT2D eigenvalue weighted by Crippen LogP contribution is 2.39. The van der Waals surface area contributed by atoms with Gasteiger partial charge in [-0.2, -0.15) is 4.31 Å². The fourth-order valence-corrected chi connectivity index (χ4v) is 6.50. The van der Waals surface area contributed by atoms with E-state index in [1.807, 2.05) is 0 Å². The molecule has 10 heteroatoms. The van der Waals surface area contributed by atoms with E-state index >= 15 is 0 Å². The first-order valence-electron chi connectivity index (χ1n) is 11.1. The van der Waals surface area contributed by atoms with Crippen molar-refractivity contribution in [2.45, 2.75) is 81.3 Å². The summed E-state index contributed by atoms with van der Waals surface area (Å²) in [5.41, 5.74) is -0.174. The third kappa shape index (κ3) is 6.83. The summed E-state index contributed by atoms with van der Waals surface area (Å²) in [6.45, 7) is 14.6. The molecule has 0 aliphatic heterocycles. The number of rotatable bonds is 9. The molecule has 0 bridgehead atoms. The molecule has 1 aliphatic rings. The molecular formula is C23H36N2O6SSi. The fourth-order valence-electron chi connectivity index (χ4n) is 3.51. The van der Waals surface area contributed by atoms with Crippen molar-refractivity contribution in [1.29, 1.82) is 0 Å². The Hall–Kier alpha value is -1.85. The Morgan fingerprint density at radius 1 is 1.24 bits per heavy atom. The van der Waals surface area contributed by atoms with E-state index in [2.05, 4.69) is 40.4 Å². The first-order valence-corrected chi connectivity index (χ1v) is 15.5. The number of aliphatic hydroxyl groups is 1. The van der Waals surface area contributed by atoms with Crippen molar-refractivity contribution in [3.8, 4) is 0 Å². The van der Waals surface area contributed by atoms with Crippen molar-refractivity contribution in [2.75, 3.05) is 6.54 Å². The van der Waals surface area contributed by atoms with E-state index in [1.54, 1.807) is 18.2 Å². The normalized spacial score (nSPS) is 22.2. The third-order valence-electron chi connectivity index (χ3n) is 6.41. The minimum absolute atomic E-state index is 0.0165. The predicted molar refractivity (Wildman–Crippen MR) is 132 cm³/mol. The van der Waals surface area contributed by atoms with Crippen molar-refractivity contribution in [2.24, 2.45) is 0 Å². The molecule has 1 aromatic carbocycles. The Bertz CT molecular complexity index is 970. The zero-order chi connectivity index (χ0) is 25.0. The molecular weight excluding hydrogens is 460 g/mol. The van der Waals surface area contributed by atoms with Crippen LogP contribution in [0.15, 0.2) is 54.0 Å². The van der Waals surface area contributed by atoms with Gasteiger partial charge in [-0.1, -0.05) is 39.0 Å². The molecule has 1 aliphatic carbocycles. The molecule has 0 radical (unpaired) electrons. The van der Waals surface area contributed by atoms with Gasteiger partial charge in [0, 0.05) is 37.2 Å². The van der Waals surface area contributed by atoms with Crippen molar-refractivity contribution in [1.82, 2.24) is 4.31 Å². The van der Waals surface area contributed by atoms with Crippen molar-refractivity contribution in [3.63, 3.8) is 0 Å². The number of hydrogen-bond acceptors (Lipinski definition) is 6. The van der Waals surface area contributed by atoms with Gasteiger partial charge in [0.2, 0.25) is 10.0 Å². The maximum absolute atomic E-state index is 13.6. The summed E-state index contributed by atoms with van der Waals surface area (Å²) in [6, 6.07) is 4.36. The lowest BCUT2D eigenvalue weighted by Gasteiger charge is -2.40. The van der Waals surface area contributed by atoms with Crippen LogP contribution < -0.4 is 0 Å². The molecule has 8 nitrogen and oxygen atoms in total. The molecule has 0 aromatic heterocycles. The van der Waals surface area contributed by atoms with Crippen LogP contribution in [0.5, 0.6) is 0 Å². The Labute approximate surface area is 198 Å². The van der Waals surface area contributed by atoms with Crippen LogP contribution in [0.3, 0.4) is 0 Å². The van der Waals surface area contributed by atoms with Gasteiger partial charge in [-0.05, 0) is 43.1 Å². The number of nitro groups is 1. The van der Waals surface area contributed by atoms with Gasteiger partial charge >= 0.3 is 0 Å². The van der Waals surface area contributed by atoms with E-state index in [-0.39, 0.29) is 28.3 Å². The van der Waals surface area contributed by atoms with Gasteiger partial charge in [-0.25, -0.2) is 8.42 Å². The molecule has 0 spiro atoms. The second kappa shape index (κ2) is 10.6. The maximum atomic E-state index is 13.6. The van der Waals surface area contributed by atoms with Gasteiger partial charge < -0.3 is 9.53 Å². The van der Waals surface area contributed by atoms with Gasteiger partial charge in [0.15, 0.2) is 8.32 Å². The van der Waals surface area contributed by atoms with Crippen LogP contribution in [-0.2, 0) is 14.4 Å². The molecule has 0 amide bonds. The summed E-state index contributed by atoms with van der Waals surface area (Å²) in [5, 5.41) is 21.4. The van der Waals surface area contributed by atoms with Crippen LogP contribution in [0.1, 0.15) is 40.0 Å². The van der Waals surface area contributed by atoms with E-state index in [1.165, 1.54) is 28.6 Å². The van der Waals surface area contributed by atoms with Gasteiger partial charge in [-0.3, -0.25) is 10.1 Å². The van der Waals surface area contributed by atoms with E-state index in [0.29, 0.717) is 19.3 Å². The topological polar surface area (TPSA) is 110 Å². The number of non-ortho nitro benzene ring substituents is 1. The molecule has 0 unspecified atom stereocenters. The number of nitrogens with zero attached hydrogens (tertiary/aromatic N) is 2. The highest BCUT2D eigenvalue weighted by molar-refractivity contribution is 7.89. The van der Waals surface area contributed by atoms with Crippen LogP contribution in [0.4, 0.5) is 5.69 Å². The maximum Gasteiger partial charge on any atom is 0.269 e. The molecule has 0 fully saturated rings. The van der Waals surface area contributed by atoms with Crippen molar-refractivity contribution in [3.05, 3.63) is 59.2 Å². The zero-order valence-electron chi connectivity index (χ0n) is 20.1. The molecule has 0 saturated heterocycles. The van der Waals surface area contributed by atoms with E-state index in [0.717, 1.165) is 0 Å². The van der Waals surface area contributed by atoms with Crippen LogP contribution in [0.2, 0.25) is 18.1 Å². The van der Waals surface area contributed by atoms with Gasteiger partial charge in [0.1, 0.15) is 0 Å². The lowest BCUT2D eigenvalue weighted by atomic mass is 10.1. The van der Waals surface area contributed by atoms with Crippen LogP contribution >= 0.6 is 0 Å². The van der Waals surface area contributed by atoms with Crippen molar-refractivity contribution < 1.29 is 22.9 Å². The molecule has 0 heterocycles. The summed E-state index contributed by atoms with van der Waals surface area (Å²) in [6.07, 6.45) is 5.21. The predicted octanol–water partition coefficient (Wildman–Crippen LogP) is 4.63. The lowest BCUT2D eigenvalue weighted by Crippen LogP contribution is -2.47. The second-order valence-corrected chi connectivity index (χ2v) is 16.6. The average Bonchev–Trinajstić information content (AvgIpc) is 2.88. The van der Waals surface area contributed by atoms with Gasteiger partial charge in [-0.15, -0.1) is 6.58 Å². The summed E-state index contributed by atoms with van der Waals surface area (Å²) < 4.78 is 35.1. The highest BCUT2D eigenvalue weighted by Gasteiger charge is 2.41. The zero-order valence-corrected chi connectivity index (χ0v) is 21.9. The Kier molecular flexibility index (Phi) is 8.80. The SMILES string of the molecule is C=CCCN([C@@H]1C=C[C@@H](O)C[C@@H](O[Si](C)(C)C(C)(C)C)C1)S(=O)(=O)c1ccc([N+](=O)[O-])cc1. The number of hydrogen-bond donors (Lipinski definition) is 1. The highest BCUT2D eigenvalue weighted by atomic mass is 32.2. The molecule has 3 atom stereocenters. The van der Waals surface area contributed by atoms with Crippen LogP contribution in [0.25, 0.3) is 0 Å². The second-order valence-electron chi connectivity index (χ2n) is 9.94. The first kappa shape index (κ1) is 27.4. The Morgan fingerprint density at radius 3 is 2.36 bits per heavy atom. The number of benzene rings is 1. The van der Waals surface area contributed by atoms with Crippen LogP contribution in [-0.4, -0.2) is 55.9 Å². The van der Waals surface area contributed by atoms with E-state index in [4.69, 9.17) is 4.43 Å². The van der Waals surface area contributed by atoms with Crippen LogP contribution in [0, 0.1) is 10.1 Å². The number of aliphatic hydroxyl groups excluding tert-OH is 1. The standard InChI is InChI=1S/C23H36N2O6SSi/c1-7-8-15-24(32(29,30)22-13-10-18(11-14-22)25(27)28)19-9-12-20(26)17-21(16-19)31-33(5,6)23(2,3)4/h7,9-14,19-21,26H,1,8,15-17H2,2-6H3/t19-,20-,21+/m1/s1. The smallest absolute Gasteiger partial charge is 0.269 e. The minimum atomic E-state index is -3.96. The summed E-state index contributed by atoms with van der Waals surface area (Å²) >= 11 is 0. The summed E-state index contributed by atoms with van der Waals surface area (Å²) in [4.78, 5) is 10.4. The monoisotopic (exact) mass is 496 g/mol. The third-order valence-corrected chi connectivity index (χ3v) is 12.9. The van der Waals surface area contributed by atoms with Crippen molar-refractivity contribution >= 4 is 24.0 Å². The quantitative estimate of drug-likeness (QED) is 0.231. The number of sulfonamides is 1. The molecule has 184 valence electrons. The summed E-state index contributed by atoms with van der Waals surface area (Å²) in [5.74, 6) is 0. The Morgan fingerprint density at radius 2 is 1.85 bits per heavy atom. The van der Waals surface area contributed by atoms with Gasteiger partial charge in [0.05, 0.1) is 15.9 Å².